The van der Waals surface area contributed by atoms with Gasteiger partial charge in [0.1, 0.15) is 5.75 Å². The molecule has 0 unspecified atom stereocenters. The van der Waals surface area contributed by atoms with Crippen molar-refractivity contribution in [3.63, 3.8) is 0 Å². The number of anilines is 1. The van der Waals surface area contributed by atoms with Crippen LogP contribution >= 0.6 is 15.9 Å². The van der Waals surface area contributed by atoms with Crippen molar-refractivity contribution in [1.29, 1.82) is 0 Å². The Hall–Kier alpha value is -3.65. The summed E-state index contributed by atoms with van der Waals surface area (Å²) in [6.07, 6.45) is 0.219. The molecule has 34 heavy (non-hydrogen) atoms. The maximum atomic E-state index is 12.7. The first-order chi connectivity index (χ1) is 16.4. The molecule has 2 amide bonds. The lowest BCUT2D eigenvalue weighted by Crippen LogP contribution is -2.24. The Kier molecular flexibility index (Phi) is 9.22. The highest BCUT2D eigenvalue weighted by Crippen LogP contribution is 2.18. The Morgan fingerprint density at radius 3 is 2.32 bits per heavy atom. The third kappa shape index (κ3) is 7.74. The molecule has 0 bridgehead atoms. The van der Waals surface area contributed by atoms with E-state index < -0.39 is 6.16 Å². The van der Waals surface area contributed by atoms with Gasteiger partial charge in [0.15, 0.2) is 0 Å². The van der Waals surface area contributed by atoms with Crippen molar-refractivity contribution in [2.24, 2.45) is 0 Å². The molecule has 0 aliphatic heterocycles. The van der Waals surface area contributed by atoms with E-state index in [9.17, 15) is 14.4 Å². The van der Waals surface area contributed by atoms with Gasteiger partial charge in [-0.1, -0.05) is 46.3 Å². The lowest BCUT2D eigenvalue weighted by Gasteiger charge is -2.12. The molecule has 0 aliphatic rings. The van der Waals surface area contributed by atoms with Crippen LogP contribution in [0.1, 0.15) is 34.8 Å². The van der Waals surface area contributed by atoms with Crippen LogP contribution in [0, 0.1) is 0 Å². The van der Waals surface area contributed by atoms with Crippen molar-refractivity contribution in [3.05, 3.63) is 94.0 Å². The number of carbonyl (C=O) groups is 3. The minimum atomic E-state index is -0.799. The molecule has 2 N–H and O–H groups in total. The van der Waals surface area contributed by atoms with E-state index in [-0.39, 0.29) is 24.2 Å². The molecular weight excluding hydrogens is 500 g/mol. The van der Waals surface area contributed by atoms with Crippen molar-refractivity contribution in [2.75, 3.05) is 11.9 Å². The third-order valence-electron chi connectivity index (χ3n) is 4.88. The van der Waals surface area contributed by atoms with Gasteiger partial charge in [-0.2, -0.15) is 0 Å². The number of hydrogen-bond donors (Lipinski definition) is 2. The predicted octanol–water partition coefficient (Wildman–Crippen LogP) is 5.49. The van der Waals surface area contributed by atoms with Gasteiger partial charge in [-0.15, -0.1) is 0 Å². The van der Waals surface area contributed by atoms with E-state index >= 15 is 0 Å². The van der Waals surface area contributed by atoms with E-state index in [4.69, 9.17) is 9.47 Å². The number of hydrogen-bond acceptors (Lipinski definition) is 5. The lowest BCUT2D eigenvalue weighted by molar-refractivity contribution is -0.121. The van der Waals surface area contributed by atoms with Crippen LogP contribution in [0.15, 0.2) is 77.3 Å². The highest BCUT2D eigenvalue weighted by Gasteiger charge is 2.11. The van der Waals surface area contributed by atoms with Crippen molar-refractivity contribution < 1.29 is 23.9 Å². The standard InChI is InChI=1S/C26H25BrN2O5/c1-2-33-26(32)34-22-14-10-19(11-15-22)25(31)29-23-6-4-3-5-20(23)17-28-24(30)16-9-18-7-12-21(27)13-8-18/h3-8,10-15H,2,9,16-17H2,1H3,(H,28,30)(H,29,31). The number of nitrogens with one attached hydrogen (secondary N) is 2. The molecule has 0 heterocycles. The molecule has 0 aliphatic carbocycles. The Labute approximate surface area is 206 Å². The number of aryl methyl sites for hydroxylation is 1. The normalized spacial score (nSPS) is 10.3. The SMILES string of the molecule is CCOC(=O)Oc1ccc(C(=O)Nc2ccccc2CNC(=O)CCc2ccc(Br)cc2)cc1. The molecule has 0 saturated carbocycles. The average Bonchev–Trinajstić information content (AvgIpc) is 2.83. The zero-order valence-electron chi connectivity index (χ0n) is 18.7. The molecule has 0 fully saturated rings. The molecule has 7 nitrogen and oxygen atoms in total. The zero-order valence-corrected chi connectivity index (χ0v) is 20.3. The fourth-order valence-electron chi connectivity index (χ4n) is 3.10. The number of amides is 2. The second kappa shape index (κ2) is 12.6. The summed E-state index contributed by atoms with van der Waals surface area (Å²) in [6.45, 7) is 2.19. The maximum absolute atomic E-state index is 12.7. The molecule has 0 saturated heterocycles. The topological polar surface area (TPSA) is 93.7 Å². The Morgan fingerprint density at radius 1 is 0.912 bits per heavy atom. The van der Waals surface area contributed by atoms with Gasteiger partial charge >= 0.3 is 6.16 Å². The van der Waals surface area contributed by atoms with E-state index in [1.54, 1.807) is 25.1 Å². The largest absolute Gasteiger partial charge is 0.513 e. The summed E-state index contributed by atoms with van der Waals surface area (Å²) in [5, 5.41) is 5.78. The van der Waals surface area contributed by atoms with Crippen LogP contribution in [0.2, 0.25) is 0 Å². The van der Waals surface area contributed by atoms with E-state index in [1.807, 2.05) is 42.5 Å². The van der Waals surface area contributed by atoms with E-state index in [1.165, 1.54) is 12.1 Å². The number of rotatable bonds is 9. The first-order valence-corrected chi connectivity index (χ1v) is 11.6. The number of para-hydroxylation sites is 1. The number of carbonyl (C=O) groups excluding carboxylic acids is 3. The summed E-state index contributed by atoms with van der Waals surface area (Å²) in [5.74, 6) is -0.112. The van der Waals surface area contributed by atoms with Crippen LogP contribution in [-0.4, -0.2) is 24.6 Å². The van der Waals surface area contributed by atoms with Crippen molar-refractivity contribution in [2.45, 2.75) is 26.3 Å². The van der Waals surface area contributed by atoms with Crippen LogP contribution in [0.25, 0.3) is 0 Å². The fraction of sp³-hybridized carbons (Fsp3) is 0.192. The van der Waals surface area contributed by atoms with Gasteiger partial charge in [-0.3, -0.25) is 9.59 Å². The Morgan fingerprint density at radius 2 is 1.62 bits per heavy atom. The van der Waals surface area contributed by atoms with Gasteiger partial charge in [0.25, 0.3) is 5.91 Å². The van der Waals surface area contributed by atoms with Crippen LogP contribution in [0.3, 0.4) is 0 Å². The van der Waals surface area contributed by atoms with E-state index in [0.29, 0.717) is 30.6 Å². The molecule has 8 heteroatoms. The monoisotopic (exact) mass is 524 g/mol. The smallest absolute Gasteiger partial charge is 0.434 e. The van der Waals surface area contributed by atoms with Crippen LogP contribution in [0.5, 0.6) is 5.75 Å². The van der Waals surface area contributed by atoms with Gasteiger partial charge < -0.3 is 20.1 Å². The molecule has 0 radical (unpaired) electrons. The second-order valence-electron chi connectivity index (χ2n) is 7.32. The molecule has 0 aromatic heterocycles. The van der Waals surface area contributed by atoms with Crippen LogP contribution < -0.4 is 15.4 Å². The highest BCUT2D eigenvalue weighted by atomic mass is 79.9. The molecule has 3 aromatic carbocycles. The fourth-order valence-corrected chi connectivity index (χ4v) is 3.36. The minimum Gasteiger partial charge on any atom is -0.434 e. The molecule has 0 spiro atoms. The van der Waals surface area contributed by atoms with Gasteiger partial charge in [-0.05, 0) is 66.9 Å². The van der Waals surface area contributed by atoms with E-state index in [2.05, 4.69) is 26.6 Å². The summed E-state index contributed by atoms with van der Waals surface area (Å²) < 4.78 is 10.7. The first kappa shape index (κ1) is 25.0. The Balaban J connectivity index is 1.54. The summed E-state index contributed by atoms with van der Waals surface area (Å²) in [7, 11) is 0. The quantitative estimate of drug-likeness (QED) is 0.285. The second-order valence-corrected chi connectivity index (χ2v) is 8.24. The van der Waals surface area contributed by atoms with Crippen molar-refractivity contribution in [3.8, 4) is 5.75 Å². The maximum Gasteiger partial charge on any atom is 0.513 e. The predicted molar refractivity (Wildman–Crippen MR) is 133 cm³/mol. The van der Waals surface area contributed by atoms with Gasteiger partial charge in [0, 0.05) is 28.7 Å². The lowest BCUT2D eigenvalue weighted by atomic mass is 10.1. The Bertz CT molecular complexity index is 1130. The van der Waals surface area contributed by atoms with Crippen molar-refractivity contribution in [1.82, 2.24) is 5.32 Å². The highest BCUT2D eigenvalue weighted by molar-refractivity contribution is 9.10. The molecule has 0 atom stereocenters. The van der Waals surface area contributed by atoms with Gasteiger partial charge in [-0.25, -0.2) is 4.79 Å². The van der Waals surface area contributed by atoms with Crippen LogP contribution in [-0.2, 0) is 22.5 Å². The summed E-state index contributed by atoms with van der Waals surface area (Å²) >= 11 is 3.40. The minimum absolute atomic E-state index is 0.0683. The molecule has 3 aromatic rings. The zero-order chi connectivity index (χ0) is 24.3. The van der Waals surface area contributed by atoms with E-state index in [0.717, 1.165) is 15.6 Å². The summed E-state index contributed by atoms with van der Waals surface area (Å²) in [6, 6.07) is 21.3. The number of benzene rings is 3. The number of halogens is 1. The average molecular weight is 525 g/mol. The summed E-state index contributed by atoms with van der Waals surface area (Å²) in [4.78, 5) is 36.4. The summed E-state index contributed by atoms with van der Waals surface area (Å²) in [5.41, 5.74) is 2.87. The van der Waals surface area contributed by atoms with Gasteiger partial charge in [0.05, 0.1) is 6.61 Å². The molecular formula is C26H25BrN2O5. The number of ether oxygens (including phenoxy) is 2. The van der Waals surface area contributed by atoms with Gasteiger partial charge in [0.2, 0.25) is 5.91 Å². The first-order valence-electron chi connectivity index (χ1n) is 10.8. The molecule has 3 rings (SSSR count). The van der Waals surface area contributed by atoms with Crippen molar-refractivity contribution >= 4 is 39.6 Å². The third-order valence-corrected chi connectivity index (χ3v) is 5.40. The van der Waals surface area contributed by atoms with Crippen LogP contribution in [0.4, 0.5) is 10.5 Å². The molecule has 176 valence electrons.